The Balaban J connectivity index is 2.20. The van der Waals surface area contributed by atoms with Crippen LogP contribution in [0.3, 0.4) is 0 Å². The number of aromatic carboxylic acids is 1. The molecule has 1 heterocycles. The van der Waals surface area contributed by atoms with Gasteiger partial charge in [-0.2, -0.15) is 0 Å². The van der Waals surface area contributed by atoms with Crippen LogP contribution in [0.4, 0.5) is 0 Å². The van der Waals surface area contributed by atoms with Gasteiger partial charge in [0, 0.05) is 6.20 Å². The molecule has 0 amide bonds. The van der Waals surface area contributed by atoms with Crippen LogP contribution in [0, 0.1) is 0 Å². The van der Waals surface area contributed by atoms with E-state index in [1.165, 1.54) is 24.0 Å². The van der Waals surface area contributed by atoms with Crippen LogP contribution < -0.4 is 4.74 Å². The van der Waals surface area contributed by atoms with Crippen molar-refractivity contribution in [2.24, 2.45) is 0 Å². The maximum absolute atomic E-state index is 11.1. The number of hydrogen-bond donors (Lipinski definition) is 1. The lowest BCUT2D eigenvalue weighted by Gasteiger charge is -2.11. The van der Waals surface area contributed by atoms with Crippen LogP contribution in [-0.4, -0.2) is 16.1 Å². The largest absolute Gasteiger partial charge is 0.478 e. The van der Waals surface area contributed by atoms with Gasteiger partial charge in [0.1, 0.15) is 11.3 Å². The Morgan fingerprint density at radius 3 is 2.60 bits per heavy atom. The number of pyridine rings is 1. The van der Waals surface area contributed by atoms with Gasteiger partial charge in [-0.1, -0.05) is 26.0 Å². The van der Waals surface area contributed by atoms with Crippen LogP contribution in [0.5, 0.6) is 11.5 Å². The van der Waals surface area contributed by atoms with Gasteiger partial charge in [0.25, 0.3) is 0 Å². The van der Waals surface area contributed by atoms with Gasteiger partial charge in [-0.3, -0.25) is 4.98 Å². The number of aromatic nitrogens is 1. The molecule has 0 saturated heterocycles. The van der Waals surface area contributed by atoms with Crippen LogP contribution in [0.25, 0.3) is 0 Å². The molecule has 0 radical (unpaired) electrons. The average molecular weight is 271 g/mol. The Bertz CT molecular complexity index is 593. The fraction of sp³-hybridized carbons (Fsp3) is 0.250. The third-order valence-corrected chi connectivity index (χ3v) is 3.30. The van der Waals surface area contributed by atoms with Crippen molar-refractivity contribution < 1.29 is 14.6 Å². The summed E-state index contributed by atoms with van der Waals surface area (Å²) >= 11 is 0. The molecule has 0 aliphatic heterocycles. The number of rotatable bonds is 5. The monoisotopic (exact) mass is 271 g/mol. The fourth-order valence-electron chi connectivity index (χ4n) is 1.87. The van der Waals surface area contributed by atoms with E-state index in [4.69, 9.17) is 9.84 Å². The summed E-state index contributed by atoms with van der Waals surface area (Å²) in [5.41, 5.74) is 1.34. The second-order valence-corrected chi connectivity index (χ2v) is 4.66. The lowest BCUT2D eigenvalue weighted by atomic mass is 9.99. The van der Waals surface area contributed by atoms with E-state index in [9.17, 15) is 4.79 Å². The summed E-state index contributed by atoms with van der Waals surface area (Å²) in [4.78, 5) is 15.0. The van der Waals surface area contributed by atoms with Gasteiger partial charge in [-0.15, -0.1) is 0 Å². The summed E-state index contributed by atoms with van der Waals surface area (Å²) in [6.07, 6.45) is 3.92. The minimum absolute atomic E-state index is 0.103. The summed E-state index contributed by atoms with van der Waals surface area (Å²) in [6, 6.07) is 9.12. The first kappa shape index (κ1) is 14.1. The topological polar surface area (TPSA) is 59.4 Å². The molecule has 104 valence electrons. The van der Waals surface area contributed by atoms with Gasteiger partial charge in [-0.25, -0.2) is 4.79 Å². The van der Waals surface area contributed by atoms with Gasteiger partial charge in [0.15, 0.2) is 5.75 Å². The van der Waals surface area contributed by atoms with Gasteiger partial charge in [0.2, 0.25) is 0 Å². The molecule has 0 aliphatic carbocycles. The molecular weight excluding hydrogens is 254 g/mol. The van der Waals surface area contributed by atoms with Crippen molar-refractivity contribution in [3.63, 3.8) is 0 Å². The molecule has 20 heavy (non-hydrogen) atoms. The number of carboxylic acids is 1. The van der Waals surface area contributed by atoms with Crippen molar-refractivity contribution in [3.05, 3.63) is 53.9 Å². The Hall–Kier alpha value is -2.36. The first-order valence-corrected chi connectivity index (χ1v) is 6.57. The number of ether oxygens (including phenoxy) is 1. The molecule has 1 aromatic carbocycles. The third kappa shape index (κ3) is 3.15. The smallest absolute Gasteiger partial charge is 0.339 e. The highest BCUT2D eigenvalue weighted by atomic mass is 16.5. The highest BCUT2D eigenvalue weighted by Crippen LogP contribution is 2.26. The van der Waals surface area contributed by atoms with E-state index in [2.05, 4.69) is 18.8 Å². The minimum atomic E-state index is -1.03. The Morgan fingerprint density at radius 2 is 2.00 bits per heavy atom. The standard InChI is InChI=1S/C16H17NO3/c1-3-11(2)12-4-6-13(7-5-12)20-15-10-17-9-8-14(15)16(18)19/h4-11H,3H2,1-2H3,(H,18,19). The molecule has 1 N–H and O–H groups in total. The van der Waals surface area contributed by atoms with Crippen molar-refractivity contribution in [1.29, 1.82) is 0 Å². The maximum Gasteiger partial charge on any atom is 0.339 e. The maximum atomic E-state index is 11.1. The van der Waals surface area contributed by atoms with Gasteiger partial charge in [0.05, 0.1) is 6.20 Å². The molecule has 0 spiro atoms. The predicted molar refractivity (Wildman–Crippen MR) is 76.4 cm³/mol. The zero-order valence-corrected chi connectivity index (χ0v) is 11.5. The summed E-state index contributed by atoms with van der Waals surface area (Å²) in [7, 11) is 0. The Kier molecular flexibility index (Phi) is 4.35. The average Bonchev–Trinajstić information content (AvgIpc) is 2.47. The quantitative estimate of drug-likeness (QED) is 0.890. The molecule has 2 aromatic rings. The zero-order valence-electron chi connectivity index (χ0n) is 11.5. The molecule has 4 heteroatoms. The fourth-order valence-corrected chi connectivity index (χ4v) is 1.87. The molecule has 4 nitrogen and oxygen atoms in total. The normalized spacial score (nSPS) is 11.9. The van der Waals surface area contributed by atoms with E-state index in [0.29, 0.717) is 11.7 Å². The van der Waals surface area contributed by atoms with Crippen molar-refractivity contribution >= 4 is 5.97 Å². The van der Waals surface area contributed by atoms with Crippen molar-refractivity contribution in [3.8, 4) is 11.5 Å². The van der Waals surface area contributed by atoms with E-state index in [-0.39, 0.29) is 11.3 Å². The first-order chi connectivity index (χ1) is 9.61. The second kappa shape index (κ2) is 6.19. The molecule has 1 atom stereocenters. The molecule has 0 aliphatic rings. The molecule has 1 aromatic heterocycles. The molecule has 1 unspecified atom stereocenters. The summed E-state index contributed by atoms with van der Waals surface area (Å²) in [5, 5.41) is 9.08. The van der Waals surface area contributed by atoms with Gasteiger partial charge >= 0.3 is 5.97 Å². The number of benzene rings is 1. The highest BCUT2D eigenvalue weighted by Gasteiger charge is 2.12. The van der Waals surface area contributed by atoms with Crippen LogP contribution in [0.2, 0.25) is 0 Å². The summed E-state index contributed by atoms with van der Waals surface area (Å²) < 4.78 is 5.60. The highest BCUT2D eigenvalue weighted by molar-refractivity contribution is 5.90. The van der Waals surface area contributed by atoms with Gasteiger partial charge in [-0.05, 0) is 36.1 Å². The second-order valence-electron chi connectivity index (χ2n) is 4.66. The number of nitrogens with zero attached hydrogens (tertiary/aromatic N) is 1. The lowest BCUT2D eigenvalue weighted by Crippen LogP contribution is -2.00. The lowest BCUT2D eigenvalue weighted by molar-refractivity contribution is 0.0694. The third-order valence-electron chi connectivity index (χ3n) is 3.30. The van der Waals surface area contributed by atoms with E-state index < -0.39 is 5.97 Å². The van der Waals surface area contributed by atoms with Crippen LogP contribution >= 0.6 is 0 Å². The zero-order chi connectivity index (χ0) is 14.5. The minimum Gasteiger partial charge on any atom is -0.478 e. The molecule has 2 rings (SSSR count). The van der Waals surface area contributed by atoms with Crippen molar-refractivity contribution in [2.45, 2.75) is 26.2 Å². The number of carbonyl (C=O) groups is 1. The van der Waals surface area contributed by atoms with E-state index >= 15 is 0 Å². The Morgan fingerprint density at radius 1 is 1.30 bits per heavy atom. The molecule has 0 saturated carbocycles. The predicted octanol–water partition coefficient (Wildman–Crippen LogP) is 4.09. The SMILES string of the molecule is CCC(C)c1ccc(Oc2cnccc2C(=O)O)cc1. The van der Waals surface area contributed by atoms with Crippen molar-refractivity contribution in [1.82, 2.24) is 4.98 Å². The number of carboxylic acid groups (broad SMARTS) is 1. The molecule has 0 fully saturated rings. The van der Waals surface area contributed by atoms with E-state index in [1.807, 2.05) is 24.3 Å². The molecule has 0 bridgehead atoms. The van der Waals surface area contributed by atoms with Crippen LogP contribution in [0.15, 0.2) is 42.7 Å². The van der Waals surface area contributed by atoms with Gasteiger partial charge < -0.3 is 9.84 Å². The molecular formula is C16H17NO3. The summed E-state index contributed by atoms with van der Waals surface area (Å²) in [6.45, 7) is 4.31. The Labute approximate surface area is 118 Å². The van der Waals surface area contributed by atoms with Crippen LogP contribution in [0.1, 0.15) is 42.1 Å². The van der Waals surface area contributed by atoms with E-state index in [0.717, 1.165) is 6.42 Å². The van der Waals surface area contributed by atoms with E-state index in [1.54, 1.807) is 0 Å². The number of hydrogen-bond acceptors (Lipinski definition) is 3. The van der Waals surface area contributed by atoms with Crippen molar-refractivity contribution in [2.75, 3.05) is 0 Å². The first-order valence-electron chi connectivity index (χ1n) is 6.57. The van der Waals surface area contributed by atoms with Crippen LogP contribution in [-0.2, 0) is 0 Å². The summed E-state index contributed by atoms with van der Waals surface area (Å²) in [5.74, 6) is 0.319.